The number of carbonyl (C=O) groups excluding carboxylic acids is 1. The van der Waals surface area contributed by atoms with Crippen molar-refractivity contribution >= 4 is 35.8 Å². The van der Waals surface area contributed by atoms with Crippen LogP contribution >= 0.6 is 24.0 Å². The smallest absolute Gasteiger partial charge is 0.253 e. The summed E-state index contributed by atoms with van der Waals surface area (Å²) in [4.78, 5) is 18.5. The first-order chi connectivity index (χ1) is 14.0. The zero-order valence-corrected chi connectivity index (χ0v) is 21.1. The van der Waals surface area contributed by atoms with Crippen molar-refractivity contribution in [1.29, 1.82) is 0 Å². The highest BCUT2D eigenvalue weighted by molar-refractivity contribution is 14.0. The lowest BCUT2D eigenvalue weighted by Crippen LogP contribution is -2.37. The van der Waals surface area contributed by atoms with Gasteiger partial charge in [-0.1, -0.05) is 41.5 Å². The molecule has 6 heteroatoms. The number of carbonyl (C=O) groups is 1. The molecule has 0 saturated heterocycles. The van der Waals surface area contributed by atoms with Crippen LogP contribution in [0.25, 0.3) is 0 Å². The molecule has 0 saturated carbocycles. The number of nitrogens with zero attached hydrogens (tertiary/aromatic N) is 2. The maximum absolute atomic E-state index is 12.4. The first kappa shape index (κ1) is 25.9. The largest absolute Gasteiger partial charge is 0.356 e. The lowest BCUT2D eigenvalue weighted by molar-refractivity contribution is 0.0773. The molecular weight excluding hydrogens is 487 g/mol. The fraction of sp³-hybridized carbons (Fsp3) is 0.417. The minimum Gasteiger partial charge on any atom is -0.356 e. The number of hydrogen-bond acceptors (Lipinski definition) is 2. The van der Waals surface area contributed by atoms with Gasteiger partial charge in [-0.25, -0.2) is 0 Å². The van der Waals surface area contributed by atoms with E-state index >= 15 is 0 Å². The summed E-state index contributed by atoms with van der Waals surface area (Å²) in [6.45, 7) is 11.2. The topological polar surface area (TPSA) is 56.7 Å². The quantitative estimate of drug-likeness (QED) is 0.309. The van der Waals surface area contributed by atoms with Gasteiger partial charge in [0.25, 0.3) is 5.91 Å². The average molecular weight is 522 g/mol. The highest BCUT2D eigenvalue weighted by Gasteiger charge is 2.11. The lowest BCUT2D eigenvalue weighted by atomic mass is 10.1. The van der Waals surface area contributed by atoms with Crippen molar-refractivity contribution < 1.29 is 4.79 Å². The average Bonchev–Trinajstić information content (AvgIpc) is 2.71. The minimum absolute atomic E-state index is 0. The molecule has 0 bridgehead atoms. The Labute approximate surface area is 198 Å². The molecule has 1 amide bonds. The van der Waals surface area contributed by atoms with E-state index in [1.807, 2.05) is 43.0 Å². The summed E-state index contributed by atoms with van der Waals surface area (Å²) < 4.78 is 0. The second-order valence-corrected chi connectivity index (χ2v) is 7.27. The molecule has 2 aromatic carbocycles. The van der Waals surface area contributed by atoms with Crippen LogP contribution in [0.4, 0.5) is 0 Å². The Morgan fingerprint density at radius 2 is 1.53 bits per heavy atom. The first-order valence-electron chi connectivity index (χ1n) is 10.4. The molecule has 0 unspecified atom stereocenters. The van der Waals surface area contributed by atoms with Gasteiger partial charge in [0.1, 0.15) is 0 Å². The maximum Gasteiger partial charge on any atom is 0.253 e. The summed E-state index contributed by atoms with van der Waals surface area (Å²) in [5.74, 6) is 0.857. The summed E-state index contributed by atoms with van der Waals surface area (Å²) in [7, 11) is 1.78. The molecule has 0 aliphatic heterocycles. The summed E-state index contributed by atoms with van der Waals surface area (Å²) >= 11 is 0. The molecule has 30 heavy (non-hydrogen) atoms. The zero-order chi connectivity index (χ0) is 21.2. The van der Waals surface area contributed by atoms with Gasteiger partial charge >= 0.3 is 0 Å². The second-order valence-electron chi connectivity index (χ2n) is 7.27. The second kappa shape index (κ2) is 13.3. The molecule has 2 aromatic rings. The van der Waals surface area contributed by atoms with Gasteiger partial charge in [-0.2, -0.15) is 0 Å². The van der Waals surface area contributed by atoms with E-state index in [0.717, 1.165) is 43.1 Å². The van der Waals surface area contributed by atoms with E-state index < -0.39 is 0 Å². The molecule has 0 aromatic heterocycles. The Hall–Kier alpha value is -2.09. The van der Waals surface area contributed by atoms with Gasteiger partial charge in [0.05, 0.1) is 0 Å². The standard InChI is InChI=1S/C24H34N4O.HI/c1-6-28(7-2)23(29)22-10-8-20(9-11-22)17-27-24(25-5)26-13-12-21-15-18(3)14-19(4)16-21;/h8-11,14-16H,6-7,12-13,17H2,1-5H3,(H2,25,26,27);1H. The van der Waals surface area contributed by atoms with Crippen molar-refractivity contribution in [2.45, 2.75) is 40.7 Å². The van der Waals surface area contributed by atoms with Gasteiger partial charge in [0.2, 0.25) is 0 Å². The van der Waals surface area contributed by atoms with E-state index in [2.05, 4.69) is 47.7 Å². The third-order valence-electron chi connectivity index (χ3n) is 4.92. The van der Waals surface area contributed by atoms with Crippen molar-refractivity contribution in [1.82, 2.24) is 15.5 Å². The number of nitrogens with one attached hydrogen (secondary N) is 2. The lowest BCUT2D eigenvalue weighted by Gasteiger charge is -2.18. The highest BCUT2D eigenvalue weighted by atomic mass is 127. The predicted octanol–water partition coefficient (Wildman–Crippen LogP) is 4.31. The van der Waals surface area contributed by atoms with E-state index in [-0.39, 0.29) is 29.9 Å². The van der Waals surface area contributed by atoms with E-state index in [4.69, 9.17) is 0 Å². The molecule has 2 rings (SSSR count). The van der Waals surface area contributed by atoms with Gasteiger partial charge in [-0.3, -0.25) is 9.79 Å². The van der Waals surface area contributed by atoms with Crippen LogP contribution in [0.3, 0.4) is 0 Å². The molecule has 0 spiro atoms. The van der Waals surface area contributed by atoms with Gasteiger partial charge in [-0.05, 0) is 57.4 Å². The third kappa shape index (κ3) is 7.97. The van der Waals surface area contributed by atoms with E-state index in [0.29, 0.717) is 6.54 Å². The van der Waals surface area contributed by atoms with Gasteiger partial charge in [0.15, 0.2) is 5.96 Å². The van der Waals surface area contributed by atoms with E-state index in [1.165, 1.54) is 16.7 Å². The SMILES string of the molecule is CCN(CC)C(=O)c1ccc(CNC(=NC)NCCc2cc(C)cc(C)c2)cc1.I. The Bertz CT molecular complexity index is 809. The number of hydrogen-bond donors (Lipinski definition) is 2. The normalized spacial score (nSPS) is 10.9. The fourth-order valence-corrected chi connectivity index (χ4v) is 3.40. The van der Waals surface area contributed by atoms with Crippen LogP contribution in [0.2, 0.25) is 0 Å². The van der Waals surface area contributed by atoms with Crippen LogP contribution < -0.4 is 10.6 Å². The molecule has 0 aliphatic carbocycles. The fourth-order valence-electron chi connectivity index (χ4n) is 3.40. The molecule has 0 atom stereocenters. The minimum atomic E-state index is 0. The van der Waals surface area contributed by atoms with Crippen LogP contribution in [0.15, 0.2) is 47.5 Å². The Kier molecular flexibility index (Phi) is 11.5. The summed E-state index contributed by atoms with van der Waals surface area (Å²) in [6.07, 6.45) is 0.950. The number of aliphatic imine (C=N–C) groups is 1. The van der Waals surface area contributed by atoms with Crippen LogP contribution in [-0.2, 0) is 13.0 Å². The summed E-state index contributed by atoms with van der Waals surface area (Å²) in [6, 6.07) is 14.4. The third-order valence-corrected chi connectivity index (χ3v) is 4.92. The van der Waals surface area contributed by atoms with Crippen molar-refractivity contribution in [3.05, 3.63) is 70.3 Å². The molecule has 5 nitrogen and oxygen atoms in total. The monoisotopic (exact) mass is 522 g/mol. The molecule has 2 N–H and O–H groups in total. The van der Waals surface area contributed by atoms with Crippen LogP contribution in [0, 0.1) is 13.8 Å². The zero-order valence-electron chi connectivity index (χ0n) is 18.8. The number of guanidine groups is 1. The Morgan fingerprint density at radius 3 is 2.07 bits per heavy atom. The molecule has 0 aliphatic rings. The number of halogens is 1. The number of benzene rings is 2. The first-order valence-corrected chi connectivity index (χ1v) is 10.4. The van der Waals surface area contributed by atoms with Crippen LogP contribution in [-0.4, -0.2) is 43.4 Å². The highest BCUT2D eigenvalue weighted by Crippen LogP contribution is 2.09. The summed E-state index contributed by atoms with van der Waals surface area (Å²) in [5, 5.41) is 6.70. The molecular formula is C24H35IN4O. The summed E-state index contributed by atoms with van der Waals surface area (Å²) in [5.41, 5.74) is 5.77. The van der Waals surface area contributed by atoms with Crippen molar-refractivity contribution in [2.24, 2.45) is 4.99 Å². The number of amides is 1. The number of rotatable bonds is 8. The molecule has 0 radical (unpaired) electrons. The van der Waals surface area contributed by atoms with Crippen LogP contribution in [0.1, 0.15) is 46.5 Å². The molecule has 0 heterocycles. The van der Waals surface area contributed by atoms with Gasteiger partial charge in [-0.15, -0.1) is 24.0 Å². The van der Waals surface area contributed by atoms with Gasteiger partial charge < -0.3 is 15.5 Å². The Morgan fingerprint density at radius 1 is 0.933 bits per heavy atom. The van der Waals surface area contributed by atoms with Crippen LogP contribution in [0.5, 0.6) is 0 Å². The number of aryl methyl sites for hydroxylation is 2. The van der Waals surface area contributed by atoms with Crippen molar-refractivity contribution in [3.63, 3.8) is 0 Å². The van der Waals surface area contributed by atoms with E-state index in [9.17, 15) is 4.79 Å². The molecule has 164 valence electrons. The van der Waals surface area contributed by atoms with E-state index in [1.54, 1.807) is 7.05 Å². The predicted molar refractivity (Wildman–Crippen MR) is 137 cm³/mol. The van der Waals surface area contributed by atoms with Gasteiger partial charge in [0, 0.05) is 38.8 Å². The maximum atomic E-state index is 12.4. The van der Waals surface area contributed by atoms with Crippen molar-refractivity contribution in [3.8, 4) is 0 Å². The van der Waals surface area contributed by atoms with Crippen molar-refractivity contribution in [2.75, 3.05) is 26.7 Å². The Balaban J connectivity index is 0.00000450. The molecule has 0 fully saturated rings.